The van der Waals surface area contributed by atoms with Gasteiger partial charge in [-0.15, -0.1) is 0 Å². The number of carbonyl (C=O) groups is 1. The minimum absolute atomic E-state index is 0.0265. The Labute approximate surface area is 230 Å². The first-order valence-corrected chi connectivity index (χ1v) is 12.9. The number of hydrogen-bond donors (Lipinski definition) is 1. The zero-order valence-electron chi connectivity index (χ0n) is 21.5. The Morgan fingerprint density at radius 2 is 1.83 bits per heavy atom. The molecule has 6 aliphatic rings. The van der Waals surface area contributed by atoms with Gasteiger partial charge in [-0.2, -0.15) is 13.2 Å². The summed E-state index contributed by atoms with van der Waals surface area (Å²) < 4.78 is 63.1. The molecule has 0 saturated heterocycles. The van der Waals surface area contributed by atoms with Crippen LogP contribution in [0.2, 0.25) is 0 Å². The van der Waals surface area contributed by atoms with E-state index in [1.165, 1.54) is 18.2 Å². The summed E-state index contributed by atoms with van der Waals surface area (Å²) in [6, 6.07) is 14.7. The quantitative estimate of drug-likeness (QED) is 0.140. The van der Waals surface area contributed by atoms with Crippen LogP contribution >= 0.6 is 0 Å². The number of esters is 1. The maximum atomic E-state index is 13.6. The topological polar surface area (TPSA) is 95.2 Å². The lowest BCUT2D eigenvalue weighted by Crippen LogP contribution is -2.34. The van der Waals surface area contributed by atoms with E-state index >= 15 is 0 Å². The zero-order chi connectivity index (χ0) is 28.6. The number of aromatic hydroxyl groups is 1. The number of ether oxygens (including phenoxy) is 3. The summed E-state index contributed by atoms with van der Waals surface area (Å²) in [5.41, 5.74) is 2.66. The fourth-order valence-corrected chi connectivity index (χ4v) is 5.86. The Hall–Kier alpha value is -4.57. The molecule has 1 fully saturated rings. The first-order chi connectivity index (χ1) is 19.6. The number of aryl methyl sites for hydroxylation is 1. The van der Waals surface area contributed by atoms with Crippen molar-refractivity contribution in [2.75, 3.05) is 13.2 Å². The van der Waals surface area contributed by atoms with E-state index in [0.29, 0.717) is 22.7 Å². The van der Waals surface area contributed by atoms with Crippen molar-refractivity contribution in [1.82, 2.24) is 0 Å². The fraction of sp³-hybridized carbons (Fsp3) is 0.226. The molecule has 208 valence electrons. The monoisotopic (exact) mass is 562 g/mol. The van der Waals surface area contributed by atoms with Crippen LogP contribution in [0.3, 0.4) is 0 Å². The summed E-state index contributed by atoms with van der Waals surface area (Å²) in [7, 11) is 0. The number of hydrogen-bond acceptors (Lipinski definition) is 7. The van der Waals surface area contributed by atoms with Gasteiger partial charge in [0.1, 0.15) is 42.2 Å². The molecule has 0 radical (unpaired) electrons. The van der Waals surface area contributed by atoms with E-state index in [1.807, 2.05) is 13.0 Å². The molecular formula is C31H21F3O7. The number of phenolic OH excluding ortho intramolecular Hbond substituents is 1. The number of benzene rings is 3. The number of rotatable bonds is 6. The second-order valence-electron chi connectivity index (χ2n) is 10.2. The Morgan fingerprint density at radius 1 is 1.02 bits per heavy atom. The molecule has 1 saturated carbocycles. The molecule has 3 atom stereocenters. The van der Waals surface area contributed by atoms with E-state index < -0.39 is 41.4 Å². The van der Waals surface area contributed by atoms with Gasteiger partial charge in [0.2, 0.25) is 0 Å². The molecule has 3 heterocycles. The molecule has 7 nitrogen and oxygen atoms in total. The summed E-state index contributed by atoms with van der Waals surface area (Å²) in [4.78, 5) is 24.6. The van der Waals surface area contributed by atoms with Crippen LogP contribution < -0.4 is 10.2 Å². The number of halogens is 3. The van der Waals surface area contributed by atoms with Crippen molar-refractivity contribution in [2.24, 2.45) is 5.92 Å². The SMILES string of the molecule is Cc1cc(OCCOC(=O)C2=C(C(F)(F)F)C3C4=CC2OC43)ccc1-c1c2ccc(=O)cc-2oc2cc(O)ccc12. The van der Waals surface area contributed by atoms with Crippen molar-refractivity contribution < 1.29 is 41.7 Å². The second kappa shape index (κ2) is 8.97. The third-order valence-electron chi connectivity index (χ3n) is 7.66. The molecular weight excluding hydrogens is 541 g/mol. The fourth-order valence-electron chi connectivity index (χ4n) is 5.86. The van der Waals surface area contributed by atoms with Crippen LogP contribution in [-0.4, -0.2) is 42.7 Å². The highest BCUT2D eigenvalue weighted by Crippen LogP contribution is 2.61. The van der Waals surface area contributed by atoms with E-state index in [0.717, 1.165) is 27.6 Å². The maximum absolute atomic E-state index is 13.6. The van der Waals surface area contributed by atoms with E-state index in [2.05, 4.69) is 0 Å². The van der Waals surface area contributed by atoms with Crippen molar-refractivity contribution in [1.29, 1.82) is 0 Å². The molecule has 2 aromatic rings. The molecule has 3 unspecified atom stereocenters. The molecule has 4 bridgehead atoms. The Morgan fingerprint density at radius 3 is 2.56 bits per heavy atom. The lowest BCUT2D eigenvalue weighted by atomic mass is 9.91. The van der Waals surface area contributed by atoms with Crippen molar-refractivity contribution in [3.05, 3.63) is 93.2 Å². The van der Waals surface area contributed by atoms with Gasteiger partial charge in [-0.25, -0.2) is 4.79 Å². The first-order valence-electron chi connectivity index (χ1n) is 12.9. The standard InChI is InChI=1S/C31H21F3O7/c1-14-10-17(38-8-9-39-30(37)27-24-13-21-26(29(21)41-24)28(27)31(32,33)34)4-7-18(14)25-19-5-2-15(35)11-22(19)40-23-12-16(36)3-6-20(23)25/h2-7,10-13,24,26,29,35H,8-9H2,1H3. The van der Waals surface area contributed by atoms with Gasteiger partial charge in [0.25, 0.3) is 0 Å². The summed E-state index contributed by atoms with van der Waals surface area (Å²) in [6.45, 7) is 1.56. The lowest BCUT2D eigenvalue weighted by Gasteiger charge is -2.26. The van der Waals surface area contributed by atoms with Crippen molar-refractivity contribution in [3.63, 3.8) is 0 Å². The summed E-state index contributed by atoms with van der Waals surface area (Å²) >= 11 is 0. The summed E-state index contributed by atoms with van der Waals surface area (Å²) in [5.74, 6) is -1.08. The van der Waals surface area contributed by atoms with Crippen LogP contribution in [0, 0.1) is 12.8 Å². The van der Waals surface area contributed by atoms with Crippen molar-refractivity contribution in [2.45, 2.75) is 25.3 Å². The van der Waals surface area contributed by atoms with Crippen LogP contribution in [0.4, 0.5) is 13.2 Å². The molecule has 2 aromatic carbocycles. The van der Waals surface area contributed by atoms with Gasteiger partial charge in [-0.1, -0.05) is 6.07 Å². The number of phenols is 1. The smallest absolute Gasteiger partial charge is 0.414 e. The van der Waals surface area contributed by atoms with Gasteiger partial charge in [-0.05, 0) is 66.1 Å². The normalized spacial score (nSPS) is 20.9. The number of alkyl halides is 3. The highest BCUT2D eigenvalue weighted by atomic mass is 19.4. The largest absolute Gasteiger partial charge is 0.508 e. The molecule has 3 aliphatic carbocycles. The average molecular weight is 562 g/mol. The van der Waals surface area contributed by atoms with Gasteiger partial charge < -0.3 is 23.7 Å². The molecule has 0 aromatic heterocycles. The molecule has 0 spiro atoms. The minimum Gasteiger partial charge on any atom is -0.508 e. The zero-order valence-corrected chi connectivity index (χ0v) is 21.5. The van der Waals surface area contributed by atoms with Crippen molar-refractivity contribution in [3.8, 4) is 33.9 Å². The summed E-state index contributed by atoms with van der Waals surface area (Å²) in [5, 5.41) is 10.7. The maximum Gasteiger partial charge on any atom is 0.414 e. The van der Waals surface area contributed by atoms with Gasteiger partial charge in [-0.3, -0.25) is 4.79 Å². The predicted octanol–water partition coefficient (Wildman–Crippen LogP) is 5.70. The third kappa shape index (κ3) is 4.17. The van der Waals surface area contributed by atoms with E-state index in [9.17, 15) is 27.9 Å². The van der Waals surface area contributed by atoms with Crippen LogP contribution in [0.15, 0.2) is 86.6 Å². The second-order valence-corrected chi connectivity index (χ2v) is 10.2. The minimum atomic E-state index is -4.63. The number of carbonyl (C=O) groups excluding carboxylic acids is 1. The van der Waals surface area contributed by atoms with Gasteiger partial charge in [0, 0.05) is 34.6 Å². The molecule has 8 rings (SSSR count). The van der Waals surface area contributed by atoms with Crippen molar-refractivity contribution >= 4 is 16.9 Å². The van der Waals surface area contributed by atoms with Crippen LogP contribution in [0.5, 0.6) is 11.5 Å². The lowest BCUT2D eigenvalue weighted by molar-refractivity contribution is -0.144. The predicted molar refractivity (Wildman–Crippen MR) is 141 cm³/mol. The molecule has 0 amide bonds. The Kier molecular flexibility index (Phi) is 5.56. The van der Waals surface area contributed by atoms with E-state index in [1.54, 1.807) is 36.4 Å². The highest BCUT2D eigenvalue weighted by Gasteiger charge is 2.65. The number of fused-ring (bicyclic) bond motifs is 2. The first kappa shape index (κ1) is 25.4. The third-order valence-corrected chi connectivity index (χ3v) is 7.66. The summed E-state index contributed by atoms with van der Waals surface area (Å²) in [6.07, 6.45) is -4.66. The highest BCUT2D eigenvalue weighted by molar-refractivity contribution is 6.02. The molecule has 10 heteroatoms. The van der Waals surface area contributed by atoms with E-state index in [4.69, 9.17) is 18.6 Å². The van der Waals surface area contributed by atoms with Gasteiger partial charge >= 0.3 is 12.1 Å². The Balaban J connectivity index is 1.09. The molecule has 1 N–H and O–H groups in total. The van der Waals surface area contributed by atoms with E-state index in [-0.39, 0.29) is 24.4 Å². The molecule has 3 aliphatic heterocycles. The van der Waals surface area contributed by atoms with Crippen LogP contribution in [0.25, 0.3) is 33.4 Å². The molecule has 41 heavy (non-hydrogen) atoms. The van der Waals surface area contributed by atoms with Gasteiger partial charge in [0.05, 0.1) is 17.3 Å². The average Bonchev–Trinajstić information content (AvgIpc) is 3.46. The van der Waals surface area contributed by atoms with Gasteiger partial charge in [0.15, 0.2) is 5.43 Å². The van der Waals surface area contributed by atoms with Crippen LogP contribution in [-0.2, 0) is 14.3 Å². The van der Waals surface area contributed by atoms with Crippen LogP contribution in [0.1, 0.15) is 5.56 Å². The Bertz CT molecular complexity index is 1850.